The molecular weight excluding hydrogens is 184 g/mol. The van der Waals surface area contributed by atoms with Crippen LogP contribution in [-0.2, 0) is 0 Å². The Morgan fingerprint density at radius 2 is 2.50 bits per heavy atom. The molecule has 1 aromatic rings. The largest absolute Gasteiger partial charge is 0.494 e. The molecule has 1 rings (SSSR count). The molecule has 0 spiro atoms. The average Bonchev–Trinajstić information content (AvgIpc) is 2.25. The zero-order chi connectivity index (χ0) is 10.4. The van der Waals surface area contributed by atoms with Crippen molar-refractivity contribution in [3.05, 3.63) is 24.0 Å². The highest BCUT2D eigenvalue weighted by Gasteiger charge is 2.10. The lowest BCUT2D eigenvalue weighted by Gasteiger charge is -2.07. The number of aromatic nitrogens is 1. The van der Waals surface area contributed by atoms with E-state index in [4.69, 9.17) is 9.84 Å². The predicted molar refractivity (Wildman–Crippen MR) is 50.2 cm³/mol. The second-order valence-electron chi connectivity index (χ2n) is 2.56. The standard InChI is InChI=1S/C9H12N2O3/c1-14-8-6-10-3-2-7(8)9(13)11-4-5-12/h2-3,6,12H,4-5H2,1H3,(H,11,13). The molecule has 2 N–H and O–H groups in total. The van der Waals surface area contributed by atoms with Crippen LogP contribution < -0.4 is 10.1 Å². The number of hydrogen-bond acceptors (Lipinski definition) is 4. The van der Waals surface area contributed by atoms with Crippen LogP contribution in [0.15, 0.2) is 18.5 Å². The molecule has 0 aliphatic carbocycles. The second kappa shape index (κ2) is 5.18. The van der Waals surface area contributed by atoms with Crippen LogP contribution in [0.5, 0.6) is 5.75 Å². The number of ether oxygens (including phenoxy) is 1. The normalized spacial score (nSPS) is 9.57. The van der Waals surface area contributed by atoms with Gasteiger partial charge in [0.15, 0.2) is 0 Å². The van der Waals surface area contributed by atoms with Crippen LogP contribution >= 0.6 is 0 Å². The van der Waals surface area contributed by atoms with Crippen LogP contribution in [0.4, 0.5) is 0 Å². The Kier molecular flexibility index (Phi) is 3.87. The van der Waals surface area contributed by atoms with Gasteiger partial charge in [0.2, 0.25) is 0 Å². The molecule has 14 heavy (non-hydrogen) atoms. The minimum absolute atomic E-state index is 0.0842. The summed E-state index contributed by atoms with van der Waals surface area (Å²) in [6.45, 7) is 0.142. The maximum Gasteiger partial charge on any atom is 0.255 e. The van der Waals surface area contributed by atoms with Crippen LogP contribution in [0.25, 0.3) is 0 Å². The van der Waals surface area contributed by atoms with Crippen LogP contribution in [0.1, 0.15) is 10.4 Å². The monoisotopic (exact) mass is 196 g/mol. The Hall–Kier alpha value is -1.62. The second-order valence-corrected chi connectivity index (χ2v) is 2.56. The number of methoxy groups -OCH3 is 1. The van der Waals surface area contributed by atoms with Gasteiger partial charge in [-0.05, 0) is 6.07 Å². The Morgan fingerprint density at radius 1 is 1.71 bits per heavy atom. The molecule has 5 heteroatoms. The number of carbonyl (C=O) groups is 1. The minimum Gasteiger partial charge on any atom is -0.494 e. The third-order valence-electron chi connectivity index (χ3n) is 1.65. The molecule has 0 aliphatic heterocycles. The maximum absolute atomic E-state index is 11.5. The van der Waals surface area contributed by atoms with E-state index in [0.29, 0.717) is 11.3 Å². The Balaban J connectivity index is 2.78. The van der Waals surface area contributed by atoms with Crippen LogP contribution in [0.2, 0.25) is 0 Å². The molecule has 0 fully saturated rings. The molecule has 0 aromatic carbocycles. The predicted octanol–water partition coefficient (Wildman–Crippen LogP) is -0.188. The number of aliphatic hydroxyl groups is 1. The van der Waals surface area contributed by atoms with E-state index >= 15 is 0 Å². The summed E-state index contributed by atoms with van der Waals surface area (Å²) in [4.78, 5) is 15.3. The Bertz CT molecular complexity index is 315. The van der Waals surface area contributed by atoms with Gasteiger partial charge in [-0.15, -0.1) is 0 Å². The van der Waals surface area contributed by atoms with Crippen LogP contribution in [-0.4, -0.2) is 36.3 Å². The van der Waals surface area contributed by atoms with Crippen molar-refractivity contribution >= 4 is 5.91 Å². The fraction of sp³-hybridized carbons (Fsp3) is 0.333. The molecule has 0 aliphatic rings. The Labute approximate surface area is 81.7 Å². The van der Waals surface area contributed by atoms with Crippen molar-refractivity contribution in [1.29, 1.82) is 0 Å². The number of amides is 1. The smallest absolute Gasteiger partial charge is 0.255 e. The lowest BCUT2D eigenvalue weighted by molar-refractivity contribution is 0.0941. The van der Waals surface area contributed by atoms with Gasteiger partial charge in [0.1, 0.15) is 5.75 Å². The van der Waals surface area contributed by atoms with Crippen molar-refractivity contribution in [2.75, 3.05) is 20.3 Å². The highest BCUT2D eigenvalue weighted by atomic mass is 16.5. The number of pyridine rings is 1. The van der Waals surface area contributed by atoms with Gasteiger partial charge in [-0.25, -0.2) is 0 Å². The van der Waals surface area contributed by atoms with Crippen LogP contribution in [0.3, 0.4) is 0 Å². The van der Waals surface area contributed by atoms with Gasteiger partial charge < -0.3 is 15.2 Å². The fourth-order valence-electron chi connectivity index (χ4n) is 0.995. The number of nitrogens with zero attached hydrogens (tertiary/aromatic N) is 1. The molecule has 0 saturated carbocycles. The lowest BCUT2D eigenvalue weighted by atomic mass is 10.2. The molecule has 0 saturated heterocycles. The molecule has 1 heterocycles. The Morgan fingerprint density at radius 3 is 3.14 bits per heavy atom. The van der Waals surface area contributed by atoms with Crippen molar-refractivity contribution in [3.8, 4) is 5.75 Å². The summed E-state index contributed by atoms with van der Waals surface area (Å²) in [6.07, 6.45) is 2.98. The van der Waals surface area contributed by atoms with Gasteiger partial charge in [-0.1, -0.05) is 0 Å². The van der Waals surface area contributed by atoms with Gasteiger partial charge in [-0.2, -0.15) is 0 Å². The third-order valence-corrected chi connectivity index (χ3v) is 1.65. The zero-order valence-electron chi connectivity index (χ0n) is 7.86. The molecule has 5 nitrogen and oxygen atoms in total. The maximum atomic E-state index is 11.5. The van der Waals surface area contributed by atoms with Gasteiger partial charge >= 0.3 is 0 Å². The minimum atomic E-state index is -0.279. The number of hydrogen-bond donors (Lipinski definition) is 2. The summed E-state index contributed by atoms with van der Waals surface area (Å²) in [5, 5.41) is 11.1. The number of carbonyl (C=O) groups excluding carboxylic acids is 1. The molecule has 1 amide bonds. The van der Waals surface area contributed by atoms with Gasteiger partial charge in [0.05, 0.1) is 25.5 Å². The lowest BCUT2D eigenvalue weighted by Crippen LogP contribution is -2.26. The first-order valence-electron chi connectivity index (χ1n) is 4.16. The molecule has 0 atom stereocenters. The quantitative estimate of drug-likeness (QED) is 0.700. The molecular formula is C9H12N2O3. The van der Waals surface area contributed by atoms with E-state index in [2.05, 4.69) is 10.3 Å². The van der Waals surface area contributed by atoms with Crippen molar-refractivity contribution < 1.29 is 14.6 Å². The summed E-state index contributed by atoms with van der Waals surface area (Å²) >= 11 is 0. The topological polar surface area (TPSA) is 71.5 Å². The average molecular weight is 196 g/mol. The van der Waals surface area contributed by atoms with Crippen molar-refractivity contribution in [1.82, 2.24) is 10.3 Å². The summed E-state index contributed by atoms with van der Waals surface area (Å²) in [6, 6.07) is 1.56. The van der Waals surface area contributed by atoms with Gasteiger partial charge in [0.25, 0.3) is 5.91 Å². The zero-order valence-corrected chi connectivity index (χ0v) is 7.86. The van der Waals surface area contributed by atoms with E-state index in [1.807, 2.05) is 0 Å². The first kappa shape index (κ1) is 10.5. The number of aliphatic hydroxyl groups excluding tert-OH is 1. The SMILES string of the molecule is COc1cnccc1C(=O)NCCO. The molecule has 76 valence electrons. The first-order valence-corrected chi connectivity index (χ1v) is 4.16. The van der Waals surface area contributed by atoms with E-state index < -0.39 is 0 Å². The molecule has 0 bridgehead atoms. The highest BCUT2D eigenvalue weighted by Crippen LogP contribution is 2.14. The van der Waals surface area contributed by atoms with Crippen molar-refractivity contribution in [3.63, 3.8) is 0 Å². The van der Waals surface area contributed by atoms with Gasteiger partial charge in [-0.3, -0.25) is 9.78 Å². The summed E-state index contributed by atoms with van der Waals surface area (Å²) in [5.41, 5.74) is 0.413. The first-order chi connectivity index (χ1) is 6.79. The third kappa shape index (κ3) is 2.43. The molecule has 0 unspecified atom stereocenters. The molecule has 0 radical (unpaired) electrons. The summed E-state index contributed by atoms with van der Waals surface area (Å²) in [7, 11) is 1.47. The van der Waals surface area contributed by atoms with Crippen molar-refractivity contribution in [2.45, 2.75) is 0 Å². The van der Waals surface area contributed by atoms with E-state index in [0.717, 1.165) is 0 Å². The summed E-state index contributed by atoms with van der Waals surface area (Å²) < 4.78 is 4.96. The number of nitrogens with one attached hydrogen (secondary N) is 1. The fourth-order valence-corrected chi connectivity index (χ4v) is 0.995. The van der Waals surface area contributed by atoms with Crippen LogP contribution in [0, 0.1) is 0 Å². The van der Waals surface area contributed by atoms with E-state index in [1.54, 1.807) is 6.07 Å². The summed E-state index contributed by atoms with van der Waals surface area (Å²) in [5.74, 6) is 0.140. The van der Waals surface area contributed by atoms with E-state index in [9.17, 15) is 4.79 Å². The van der Waals surface area contributed by atoms with Crippen molar-refractivity contribution in [2.24, 2.45) is 0 Å². The number of rotatable bonds is 4. The highest BCUT2D eigenvalue weighted by molar-refractivity contribution is 5.96. The van der Waals surface area contributed by atoms with E-state index in [-0.39, 0.29) is 19.1 Å². The molecule has 1 aromatic heterocycles. The van der Waals surface area contributed by atoms with Gasteiger partial charge in [0, 0.05) is 12.7 Å². The van der Waals surface area contributed by atoms with E-state index in [1.165, 1.54) is 19.5 Å².